The molecule has 28 heavy (non-hydrogen) atoms. The molecule has 1 heterocycles. The van der Waals surface area contributed by atoms with E-state index in [2.05, 4.69) is 39.0 Å². The van der Waals surface area contributed by atoms with E-state index in [9.17, 15) is 4.79 Å². The van der Waals surface area contributed by atoms with E-state index >= 15 is 0 Å². The van der Waals surface area contributed by atoms with Gasteiger partial charge in [0, 0.05) is 22.0 Å². The monoisotopic (exact) mass is 447 g/mol. The topological polar surface area (TPSA) is 71.6 Å². The Balaban J connectivity index is 1.81. The van der Waals surface area contributed by atoms with Gasteiger partial charge < -0.3 is 14.8 Å². The molecule has 1 saturated heterocycles. The van der Waals surface area contributed by atoms with Crippen LogP contribution in [0.3, 0.4) is 0 Å². The van der Waals surface area contributed by atoms with Gasteiger partial charge in [0.25, 0.3) is 5.91 Å². The van der Waals surface area contributed by atoms with Crippen LogP contribution in [0.2, 0.25) is 0 Å². The predicted molar refractivity (Wildman–Crippen MR) is 113 cm³/mol. The molecule has 3 atom stereocenters. The van der Waals surface area contributed by atoms with Crippen molar-refractivity contribution >= 4 is 21.8 Å². The van der Waals surface area contributed by atoms with Crippen molar-refractivity contribution in [2.45, 2.75) is 38.9 Å². The molecule has 0 radical (unpaired) electrons. The van der Waals surface area contributed by atoms with Gasteiger partial charge in [0.1, 0.15) is 6.17 Å². The number of amides is 1. The minimum atomic E-state index is -0.251. The van der Waals surface area contributed by atoms with Crippen LogP contribution in [0.1, 0.15) is 42.6 Å². The average molecular weight is 448 g/mol. The van der Waals surface area contributed by atoms with Crippen LogP contribution in [0.5, 0.6) is 11.5 Å². The highest BCUT2D eigenvalue weighted by atomic mass is 79.9. The number of nitrogens with one attached hydrogen (secondary N) is 3. The molecule has 1 aliphatic rings. The summed E-state index contributed by atoms with van der Waals surface area (Å²) in [5.74, 6) is 1.37. The molecule has 6 nitrogen and oxygen atoms in total. The van der Waals surface area contributed by atoms with Gasteiger partial charge >= 0.3 is 0 Å². The Morgan fingerprint density at radius 1 is 1.04 bits per heavy atom. The summed E-state index contributed by atoms with van der Waals surface area (Å²) in [5, 5.41) is 3.08. The summed E-state index contributed by atoms with van der Waals surface area (Å²) in [5.41, 5.74) is 8.11. The number of halogens is 1. The van der Waals surface area contributed by atoms with Gasteiger partial charge in [-0.15, -0.1) is 0 Å². The summed E-state index contributed by atoms with van der Waals surface area (Å²) in [6.07, 6.45) is -0.251. The molecule has 1 aliphatic heterocycles. The first kappa shape index (κ1) is 20.6. The number of hydrogen-bond donors (Lipinski definition) is 3. The smallest absolute Gasteiger partial charge is 0.252 e. The second kappa shape index (κ2) is 9.41. The van der Waals surface area contributed by atoms with Gasteiger partial charge in [0.15, 0.2) is 11.5 Å². The summed E-state index contributed by atoms with van der Waals surface area (Å²) >= 11 is 3.39. The van der Waals surface area contributed by atoms with Gasteiger partial charge in [-0.3, -0.25) is 10.2 Å². The molecule has 0 bridgehead atoms. The SMILES string of the molecule is CCOc1ccc(C2C(C)NNC2NC(=O)c2ccc(Br)cc2)cc1OCC. The highest BCUT2D eigenvalue weighted by molar-refractivity contribution is 9.10. The lowest BCUT2D eigenvalue weighted by molar-refractivity contribution is 0.0928. The van der Waals surface area contributed by atoms with Crippen LogP contribution < -0.4 is 25.6 Å². The molecule has 1 fully saturated rings. The third kappa shape index (κ3) is 4.66. The normalized spacial score (nSPS) is 21.4. The van der Waals surface area contributed by atoms with Gasteiger partial charge in [-0.25, -0.2) is 5.43 Å². The van der Waals surface area contributed by atoms with Gasteiger partial charge in [-0.05, 0) is 62.7 Å². The summed E-state index contributed by atoms with van der Waals surface area (Å²) in [7, 11) is 0. The Kier molecular flexibility index (Phi) is 6.93. The zero-order valence-electron chi connectivity index (χ0n) is 16.3. The van der Waals surface area contributed by atoms with Crippen LogP contribution >= 0.6 is 15.9 Å². The van der Waals surface area contributed by atoms with E-state index in [0.29, 0.717) is 18.8 Å². The maximum absolute atomic E-state index is 12.7. The van der Waals surface area contributed by atoms with Crippen molar-refractivity contribution in [1.29, 1.82) is 0 Å². The Bertz CT molecular complexity index is 813. The summed E-state index contributed by atoms with van der Waals surface area (Å²) in [4.78, 5) is 12.7. The van der Waals surface area contributed by atoms with E-state index in [1.165, 1.54) is 0 Å². The highest BCUT2D eigenvalue weighted by Crippen LogP contribution is 2.34. The van der Waals surface area contributed by atoms with Gasteiger partial charge in [-0.1, -0.05) is 22.0 Å². The van der Waals surface area contributed by atoms with Crippen LogP contribution in [-0.4, -0.2) is 31.3 Å². The van der Waals surface area contributed by atoms with E-state index in [-0.39, 0.29) is 24.0 Å². The van der Waals surface area contributed by atoms with Crippen molar-refractivity contribution in [2.75, 3.05) is 13.2 Å². The zero-order chi connectivity index (χ0) is 20.1. The third-order valence-corrected chi connectivity index (χ3v) is 5.24. The number of ether oxygens (including phenoxy) is 2. The molecule has 150 valence electrons. The average Bonchev–Trinajstić information content (AvgIpc) is 3.04. The van der Waals surface area contributed by atoms with E-state index < -0.39 is 0 Å². The summed E-state index contributed by atoms with van der Waals surface area (Å²) < 4.78 is 12.4. The Labute approximate surface area is 174 Å². The van der Waals surface area contributed by atoms with Crippen molar-refractivity contribution in [3.8, 4) is 11.5 Å². The molecule has 1 amide bonds. The largest absolute Gasteiger partial charge is 0.490 e. The van der Waals surface area contributed by atoms with Crippen molar-refractivity contribution in [3.05, 3.63) is 58.1 Å². The fourth-order valence-corrected chi connectivity index (χ4v) is 3.66. The molecule has 2 aromatic rings. The number of rotatable bonds is 7. The number of hydrazine groups is 1. The molecular formula is C21H26BrN3O3. The minimum Gasteiger partial charge on any atom is -0.490 e. The highest BCUT2D eigenvalue weighted by Gasteiger charge is 2.36. The molecule has 0 aromatic heterocycles. The molecule has 3 rings (SSSR count). The first-order chi connectivity index (χ1) is 13.5. The summed E-state index contributed by atoms with van der Waals surface area (Å²) in [6, 6.07) is 13.4. The first-order valence-corrected chi connectivity index (χ1v) is 10.3. The van der Waals surface area contributed by atoms with Gasteiger partial charge in [-0.2, -0.15) is 0 Å². The maximum Gasteiger partial charge on any atom is 0.252 e. The van der Waals surface area contributed by atoms with E-state index in [1.54, 1.807) is 12.1 Å². The second-order valence-electron chi connectivity index (χ2n) is 6.63. The predicted octanol–water partition coefficient (Wildman–Crippen LogP) is 3.58. The lowest BCUT2D eigenvalue weighted by Crippen LogP contribution is -2.46. The van der Waals surface area contributed by atoms with Crippen molar-refractivity contribution in [3.63, 3.8) is 0 Å². The number of carbonyl (C=O) groups is 1. The van der Waals surface area contributed by atoms with Crippen LogP contribution in [-0.2, 0) is 0 Å². The van der Waals surface area contributed by atoms with E-state index in [1.807, 2.05) is 44.2 Å². The fourth-order valence-electron chi connectivity index (χ4n) is 3.40. The minimum absolute atomic E-state index is 0.0364. The number of hydrogen-bond acceptors (Lipinski definition) is 5. The molecule has 3 N–H and O–H groups in total. The van der Waals surface area contributed by atoms with E-state index in [4.69, 9.17) is 9.47 Å². The van der Waals surface area contributed by atoms with Gasteiger partial charge in [0.05, 0.1) is 13.2 Å². The number of benzene rings is 2. The standard InChI is InChI=1S/C21H26BrN3O3/c1-4-27-17-11-8-15(12-18(17)28-5-2)19-13(3)24-25-20(19)23-21(26)14-6-9-16(22)10-7-14/h6-13,19-20,24-25H,4-5H2,1-3H3,(H,23,26). The zero-order valence-corrected chi connectivity index (χ0v) is 17.9. The maximum atomic E-state index is 12.7. The quantitative estimate of drug-likeness (QED) is 0.604. The third-order valence-electron chi connectivity index (χ3n) is 4.71. The molecule has 3 unspecified atom stereocenters. The van der Waals surface area contributed by atoms with Gasteiger partial charge in [0.2, 0.25) is 0 Å². The lowest BCUT2D eigenvalue weighted by Gasteiger charge is -2.23. The molecule has 2 aromatic carbocycles. The van der Waals surface area contributed by atoms with Crippen LogP contribution in [0.25, 0.3) is 0 Å². The summed E-state index contributed by atoms with van der Waals surface area (Å²) in [6.45, 7) is 7.12. The van der Waals surface area contributed by atoms with Crippen LogP contribution in [0.15, 0.2) is 46.9 Å². The molecule has 7 heteroatoms. The Morgan fingerprint density at radius 3 is 2.39 bits per heavy atom. The van der Waals surface area contributed by atoms with Crippen molar-refractivity contribution in [1.82, 2.24) is 16.2 Å². The Morgan fingerprint density at radius 2 is 1.71 bits per heavy atom. The van der Waals surface area contributed by atoms with Crippen molar-refractivity contribution in [2.24, 2.45) is 0 Å². The lowest BCUT2D eigenvalue weighted by atomic mass is 9.91. The fraction of sp³-hybridized carbons (Fsp3) is 0.381. The van der Waals surface area contributed by atoms with Crippen molar-refractivity contribution < 1.29 is 14.3 Å². The van der Waals surface area contributed by atoms with Crippen LogP contribution in [0, 0.1) is 0 Å². The first-order valence-electron chi connectivity index (χ1n) is 9.50. The Hall–Kier alpha value is -2.09. The molecule has 0 saturated carbocycles. The van der Waals surface area contributed by atoms with Crippen LogP contribution in [0.4, 0.5) is 0 Å². The second-order valence-corrected chi connectivity index (χ2v) is 7.55. The molecule has 0 spiro atoms. The van der Waals surface area contributed by atoms with E-state index in [0.717, 1.165) is 21.5 Å². The number of carbonyl (C=O) groups excluding carboxylic acids is 1. The molecular weight excluding hydrogens is 422 g/mol. The molecule has 0 aliphatic carbocycles.